The van der Waals surface area contributed by atoms with Crippen LogP contribution in [0.2, 0.25) is 0 Å². The summed E-state index contributed by atoms with van der Waals surface area (Å²) in [5, 5.41) is 2.78. The van der Waals surface area contributed by atoms with Gasteiger partial charge in [-0.15, -0.1) is 0 Å². The lowest BCUT2D eigenvalue weighted by Crippen LogP contribution is -2.16. The van der Waals surface area contributed by atoms with Crippen LogP contribution in [0.15, 0.2) is 45.5 Å². The molecule has 0 aliphatic rings. The van der Waals surface area contributed by atoms with Crippen molar-refractivity contribution in [1.29, 1.82) is 0 Å². The quantitative estimate of drug-likeness (QED) is 0.417. The maximum Gasteiger partial charge on any atom is 0.150 e. The zero-order valence-corrected chi connectivity index (χ0v) is 17.2. The molecule has 0 unspecified atom stereocenters. The summed E-state index contributed by atoms with van der Waals surface area (Å²) in [6, 6.07) is 6.09. The topological polar surface area (TPSA) is 15.3 Å². The number of hydrogen-bond donors (Lipinski definition) is 1. The van der Waals surface area contributed by atoms with Crippen LogP contribution in [0.4, 0.5) is 18.9 Å². The van der Waals surface area contributed by atoms with Crippen LogP contribution in [-0.4, -0.2) is 24.0 Å². The monoisotopic (exact) mass is 492 g/mol. The Morgan fingerprint density at radius 2 is 1.68 bits per heavy atom. The Morgan fingerprint density at radius 1 is 1.04 bits per heavy atom. The summed E-state index contributed by atoms with van der Waals surface area (Å²) in [7, 11) is 3.60. The summed E-state index contributed by atoms with van der Waals surface area (Å²) in [6.45, 7) is 0. The standard InChI is InChI=1S/C17H13Br2F3N2S/c1-24(2)8-12(11-4-3-9(20)5-13(11)18)17(25)23-16-14(19)6-10(21)7-15(16)22/h3-8H,1-2H3,(H,23,25). The predicted molar refractivity (Wildman–Crippen MR) is 106 cm³/mol. The molecule has 0 spiro atoms. The molecule has 0 heterocycles. The van der Waals surface area contributed by atoms with Gasteiger partial charge in [-0.2, -0.15) is 0 Å². The molecule has 0 aromatic heterocycles. The van der Waals surface area contributed by atoms with Crippen LogP contribution in [0.5, 0.6) is 0 Å². The molecule has 0 aliphatic carbocycles. The molecule has 1 N–H and O–H groups in total. The van der Waals surface area contributed by atoms with Gasteiger partial charge < -0.3 is 10.2 Å². The molecule has 2 aromatic rings. The molecular formula is C17H13Br2F3N2S. The average Bonchev–Trinajstić information content (AvgIpc) is 2.48. The molecule has 2 nitrogen and oxygen atoms in total. The molecular weight excluding hydrogens is 481 g/mol. The smallest absolute Gasteiger partial charge is 0.150 e. The van der Waals surface area contributed by atoms with Gasteiger partial charge in [0.15, 0.2) is 5.82 Å². The Hall–Kier alpha value is -1.38. The maximum atomic E-state index is 14.1. The summed E-state index contributed by atoms with van der Waals surface area (Å²) in [5.41, 5.74) is 1.20. The lowest BCUT2D eigenvalue weighted by molar-refractivity contribution is 0.566. The third-order valence-corrected chi connectivity index (χ3v) is 4.70. The third kappa shape index (κ3) is 5.05. The lowest BCUT2D eigenvalue weighted by Gasteiger charge is -2.17. The summed E-state index contributed by atoms with van der Waals surface area (Å²) >= 11 is 11.8. The van der Waals surface area contributed by atoms with Crippen LogP contribution >= 0.6 is 44.1 Å². The highest BCUT2D eigenvalue weighted by molar-refractivity contribution is 9.11. The molecule has 2 aromatic carbocycles. The molecule has 0 fully saturated rings. The zero-order chi connectivity index (χ0) is 18.7. The van der Waals surface area contributed by atoms with Crippen molar-refractivity contribution in [3.63, 3.8) is 0 Å². The molecule has 0 saturated heterocycles. The summed E-state index contributed by atoms with van der Waals surface area (Å²) < 4.78 is 41.4. The Balaban J connectivity index is 2.45. The first kappa shape index (κ1) is 19.9. The Morgan fingerprint density at radius 3 is 2.24 bits per heavy atom. The molecule has 0 radical (unpaired) electrons. The van der Waals surface area contributed by atoms with Crippen LogP contribution in [0.3, 0.4) is 0 Å². The van der Waals surface area contributed by atoms with Crippen molar-refractivity contribution in [2.75, 3.05) is 19.4 Å². The second-order valence-electron chi connectivity index (χ2n) is 5.33. The highest BCUT2D eigenvalue weighted by Crippen LogP contribution is 2.31. The van der Waals surface area contributed by atoms with Crippen molar-refractivity contribution >= 4 is 60.3 Å². The first-order valence-corrected chi connectivity index (χ1v) is 8.98. The minimum Gasteiger partial charge on any atom is -0.383 e. The molecule has 132 valence electrons. The number of benzene rings is 2. The molecule has 0 aliphatic heterocycles. The molecule has 0 atom stereocenters. The number of thiocarbonyl (C=S) groups is 1. The van der Waals surface area contributed by atoms with Crippen LogP contribution < -0.4 is 5.32 Å². The second kappa shape index (κ2) is 8.33. The molecule has 0 bridgehead atoms. The third-order valence-electron chi connectivity index (χ3n) is 3.10. The van der Waals surface area contributed by atoms with Gasteiger partial charge in [-0.25, -0.2) is 13.2 Å². The van der Waals surface area contributed by atoms with E-state index in [4.69, 9.17) is 12.2 Å². The van der Waals surface area contributed by atoms with Gasteiger partial charge >= 0.3 is 0 Å². The molecule has 0 amide bonds. The normalized spacial score (nSPS) is 11.4. The van der Waals surface area contributed by atoms with Crippen molar-refractivity contribution in [3.8, 4) is 0 Å². The maximum absolute atomic E-state index is 14.1. The predicted octanol–water partition coefficient (Wildman–Crippen LogP) is 5.97. The van der Waals surface area contributed by atoms with E-state index in [1.165, 1.54) is 12.1 Å². The minimum absolute atomic E-state index is 0.0225. The fraction of sp³-hybridized carbons (Fsp3) is 0.118. The van der Waals surface area contributed by atoms with E-state index in [-0.39, 0.29) is 15.1 Å². The number of halogens is 5. The van der Waals surface area contributed by atoms with Gasteiger partial charge in [0, 0.05) is 46.4 Å². The molecule has 25 heavy (non-hydrogen) atoms. The first-order chi connectivity index (χ1) is 11.7. The Kier molecular flexibility index (Phi) is 6.65. The van der Waals surface area contributed by atoms with Gasteiger partial charge in [0.1, 0.15) is 16.6 Å². The average molecular weight is 494 g/mol. The fourth-order valence-corrected chi connectivity index (χ4v) is 3.40. The van der Waals surface area contributed by atoms with E-state index in [9.17, 15) is 13.2 Å². The van der Waals surface area contributed by atoms with E-state index < -0.39 is 17.5 Å². The fourth-order valence-electron chi connectivity index (χ4n) is 2.06. The van der Waals surface area contributed by atoms with Gasteiger partial charge in [0.25, 0.3) is 0 Å². The van der Waals surface area contributed by atoms with Crippen molar-refractivity contribution in [1.82, 2.24) is 4.90 Å². The van der Waals surface area contributed by atoms with Crippen LogP contribution in [0, 0.1) is 17.5 Å². The van der Waals surface area contributed by atoms with Crippen LogP contribution in [0.1, 0.15) is 5.56 Å². The van der Waals surface area contributed by atoms with Crippen molar-refractivity contribution in [2.24, 2.45) is 0 Å². The lowest BCUT2D eigenvalue weighted by atomic mass is 10.1. The van der Waals surface area contributed by atoms with Crippen LogP contribution in [-0.2, 0) is 0 Å². The Bertz CT molecular complexity index is 831. The molecule has 2 rings (SSSR count). The van der Waals surface area contributed by atoms with Crippen molar-refractivity contribution in [2.45, 2.75) is 0 Å². The largest absolute Gasteiger partial charge is 0.383 e. The van der Waals surface area contributed by atoms with E-state index in [0.29, 0.717) is 15.6 Å². The second-order valence-corrected chi connectivity index (χ2v) is 7.45. The van der Waals surface area contributed by atoms with E-state index in [2.05, 4.69) is 37.2 Å². The minimum atomic E-state index is -0.781. The highest BCUT2D eigenvalue weighted by atomic mass is 79.9. The molecule has 0 saturated carbocycles. The zero-order valence-electron chi connectivity index (χ0n) is 13.2. The van der Waals surface area contributed by atoms with Gasteiger partial charge in [-0.3, -0.25) is 0 Å². The van der Waals surface area contributed by atoms with Gasteiger partial charge in [0.05, 0.1) is 5.69 Å². The number of nitrogens with zero attached hydrogens (tertiary/aromatic N) is 1. The van der Waals surface area contributed by atoms with Crippen molar-refractivity contribution < 1.29 is 13.2 Å². The van der Waals surface area contributed by atoms with Gasteiger partial charge in [0.2, 0.25) is 0 Å². The number of anilines is 1. The van der Waals surface area contributed by atoms with Gasteiger partial charge in [-0.05, 0) is 34.1 Å². The number of rotatable bonds is 4. The van der Waals surface area contributed by atoms with E-state index >= 15 is 0 Å². The highest BCUT2D eigenvalue weighted by Gasteiger charge is 2.17. The van der Waals surface area contributed by atoms with E-state index in [1.54, 1.807) is 31.3 Å². The summed E-state index contributed by atoms with van der Waals surface area (Å²) in [6.07, 6.45) is 1.72. The van der Waals surface area contributed by atoms with E-state index in [0.717, 1.165) is 12.1 Å². The van der Waals surface area contributed by atoms with E-state index in [1.807, 2.05) is 0 Å². The molecule has 8 heteroatoms. The Labute approximate surface area is 166 Å². The number of nitrogens with one attached hydrogen (secondary N) is 1. The first-order valence-electron chi connectivity index (χ1n) is 6.98. The SMILES string of the molecule is CN(C)C=C(C(=S)Nc1c(F)cc(F)cc1Br)c1ccc(F)cc1Br. The van der Waals surface area contributed by atoms with Gasteiger partial charge in [-0.1, -0.05) is 34.2 Å². The summed E-state index contributed by atoms with van der Waals surface area (Å²) in [5.74, 6) is -1.88. The van der Waals surface area contributed by atoms with Crippen LogP contribution in [0.25, 0.3) is 5.57 Å². The van der Waals surface area contributed by atoms with Crippen molar-refractivity contribution in [3.05, 3.63) is 68.5 Å². The number of hydrogen-bond acceptors (Lipinski definition) is 2. The summed E-state index contributed by atoms with van der Waals surface area (Å²) in [4.78, 5) is 1.96.